The number of carbonyl (C=O) groups excluding carboxylic acids is 1. The number of hydrogen-bond acceptors (Lipinski definition) is 2. The van der Waals surface area contributed by atoms with Gasteiger partial charge in [-0.25, -0.2) is 0 Å². The molecule has 1 aromatic carbocycles. The maximum atomic E-state index is 12.8. The van der Waals surface area contributed by atoms with E-state index in [9.17, 15) is 4.79 Å². The number of aryl methyl sites for hydroxylation is 1. The van der Waals surface area contributed by atoms with Crippen molar-refractivity contribution >= 4 is 28.8 Å². The Morgan fingerprint density at radius 3 is 2.77 bits per heavy atom. The van der Waals surface area contributed by atoms with E-state index in [0.29, 0.717) is 16.3 Å². The van der Waals surface area contributed by atoms with Crippen molar-refractivity contribution < 1.29 is 4.79 Å². The van der Waals surface area contributed by atoms with Crippen LogP contribution in [0.2, 0.25) is 5.02 Å². The van der Waals surface area contributed by atoms with Gasteiger partial charge >= 0.3 is 0 Å². The second-order valence-corrected chi connectivity index (χ2v) is 7.85. The minimum absolute atomic E-state index is 0.195. The van der Waals surface area contributed by atoms with Crippen molar-refractivity contribution in [3.63, 3.8) is 0 Å². The van der Waals surface area contributed by atoms with Gasteiger partial charge in [-0.15, -0.1) is 0 Å². The highest BCUT2D eigenvalue weighted by molar-refractivity contribution is 6.32. The van der Waals surface area contributed by atoms with Crippen molar-refractivity contribution in [2.24, 2.45) is 0 Å². The molecular formula is C27H23ClN2O. The molecule has 0 aliphatic heterocycles. The maximum Gasteiger partial charge on any atom is 0.255 e. The smallest absolute Gasteiger partial charge is 0.255 e. The van der Waals surface area contributed by atoms with Crippen LogP contribution in [0.4, 0.5) is 5.69 Å². The predicted molar refractivity (Wildman–Crippen MR) is 129 cm³/mol. The van der Waals surface area contributed by atoms with Crippen molar-refractivity contribution in [1.82, 2.24) is 4.98 Å². The zero-order valence-electron chi connectivity index (χ0n) is 17.3. The third kappa shape index (κ3) is 5.19. The highest BCUT2D eigenvalue weighted by Gasteiger charge is 2.13. The second-order valence-electron chi connectivity index (χ2n) is 7.44. The summed E-state index contributed by atoms with van der Waals surface area (Å²) in [5, 5.41) is 3.50. The Labute approximate surface area is 187 Å². The lowest BCUT2D eigenvalue weighted by molar-refractivity contribution is 0.102. The fourth-order valence-electron chi connectivity index (χ4n) is 3.47. The predicted octanol–water partition coefficient (Wildman–Crippen LogP) is 7.01. The van der Waals surface area contributed by atoms with E-state index in [4.69, 9.17) is 11.6 Å². The Hall–Kier alpha value is -3.43. The lowest BCUT2D eigenvalue weighted by Crippen LogP contribution is -2.12. The Morgan fingerprint density at radius 1 is 1.03 bits per heavy atom. The fourth-order valence-corrected chi connectivity index (χ4v) is 3.70. The molecule has 4 heteroatoms. The van der Waals surface area contributed by atoms with Crippen molar-refractivity contribution in [1.29, 1.82) is 0 Å². The summed E-state index contributed by atoms with van der Waals surface area (Å²) >= 11 is 6.50. The topological polar surface area (TPSA) is 42.0 Å². The monoisotopic (exact) mass is 426 g/mol. The third-order valence-corrected chi connectivity index (χ3v) is 5.51. The Bertz CT molecular complexity index is 1180. The molecule has 0 radical (unpaired) electrons. The summed E-state index contributed by atoms with van der Waals surface area (Å²) in [6.45, 7) is 1.91. The van der Waals surface area contributed by atoms with Crippen LogP contribution >= 0.6 is 11.6 Å². The molecule has 2 aromatic rings. The first-order chi connectivity index (χ1) is 15.1. The summed E-state index contributed by atoms with van der Waals surface area (Å²) in [4.78, 5) is 17.0. The summed E-state index contributed by atoms with van der Waals surface area (Å²) in [7, 11) is 0. The Balaban J connectivity index is 1.59. The lowest BCUT2D eigenvalue weighted by atomic mass is 10.0. The van der Waals surface area contributed by atoms with Crippen LogP contribution in [0.3, 0.4) is 0 Å². The van der Waals surface area contributed by atoms with E-state index < -0.39 is 0 Å². The minimum Gasteiger partial charge on any atom is -0.321 e. The van der Waals surface area contributed by atoms with Gasteiger partial charge < -0.3 is 5.32 Å². The van der Waals surface area contributed by atoms with Gasteiger partial charge in [0.1, 0.15) is 0 Å². The molecule has 1 heterocycles. The molecule has 0 fully saturated rings. The first-order valence-electron chi connectivity index (χ1n) is 10.3. The second kappa shape index (κ2) is 9.59. The molecule has 2 aliphatic carbocycles. The molecule has 1 aromatic heterocycles. The van der Waals surface area contributed by atoms with E-state index in [-0.39, 0.29) is 5.91 Å². The molecule has 31 heavy (non-hydrogen) atoms. The van der Waals surface area contributed by atoms with Gasteiger partial charge in [0.05, 0.1) is 11.9 Å². The molecule has 0 unspecified atom stereocenters. The van der Waals surface area contributed by atoms with E-state index >= 15 is 0 Å². The number of rotatable bonds is 4. The standard InChI is InChI=1S/C27H23ClN2O/c1-19-11-15-24(18-29-19)30-27(31)23-14-16-26(28)25(17-23)22-10-6-9-21(12-13-22)20-7-4-2-3-5-8-20/h2-4,6-8,10-18H,5,9H2,1H3,(H,30,31). The van der Waals surface area contributed by atoms with Gasteiger partial charge in [-0.3, -0.25) is 9.78 Å². The minimum atomic E-state index is -0.195. The molecule has 0 atom stereocenters. The van der Waals surface area contributed by atoms with E-state index in [1.54, 1.807) is 18.3 Å². The molecule has 1 N–H and O–H groups in total. The molecule has 0 saturated heterocycles. The van der Waals surface area contributed by atoms with Crippen LogP contribution < -0.4 is 5.32 Å². The van der Waals surface area contributed by atoms with Gasteiger partial charge in [-0.2, -0.15) is 0 Å². The van der Waals surface area contributed by atoms with Crippen LogP contribution in [0.25, 0.3) is 5.57 Å². The van der Waals surface area contributed by atoms with Crippen molar-refractivity contribution in [2.75, 3.05) is 5.32 Å². The first kappa shape index (κ1) is 20.8. The fraction of sp³-hybridized carbons (Fsp3) is 0.111. The number of halogens is 1. The highest BCUT2D eigenvalue weighted by Crippen LogP contribution is 2.30. The first-order valence-corrected chi connectivity index (χ1v) is 10.6. The average Bonchev–Trinajstić information content (AvgIpc) is 3.19. The van der Waals surface area contributed by atoms with Gasteiger partial charge in [-0.1, -0.05) is 66.3 Å². The van der Waals surface area contributed by atoms with Crippen LogP contribution in [0.5, 0.6) is 0 Å². The summed E-state index contributed by atoms with van der Waals surface area (Å²) in [6.07, 6.45) is 22.5. The highest BCUT2D eigenvalue weighted by atomic mass is 35.5. The summed E-state index contributed by atoms with van der Waals surface area (Å²) < 4.78 is 0. The van der Waals surface area contributed by atoms with E-state index in [1.165, 1.54) is 11.1 Å². The number of anilines is 1. The largest absolute Gasteiger partial charge is 0.321 e. The molecule has 0 saturated carbocycles. The average molecular weight is 427 g/mol. The van der Waals surface area contributed by atoms with Gasteiger partial charge in [0.15, 0.2) is 0 Å². The number of benzene rings is 1. The van der Waals surface area contributed by atoms with Crippen LogP contribution in [0, 0.1) is 6.92 Å². The summed E-state index contributed by atoms with van der Waals surface area (Å²) in [6, 6.07) is 9.04. The summed E-state index contributed by atoms with van der Waals surface area (Å²) in [5.74, 6) is -0.195. The molecular weight excluding hydrogens is 404 g/mol. The van der Waals surface area contributed by atoms with Crippen LogP contribution in [-0.2, 0) is 0 Å². The molecule has 1 amide bonds. The van der Waals surface area contributed by atoms with Gasteiger partial charge in [0.2, 0.25) is 0 Å². The molecule has 0 spiro atoms. The Kier molecular flexibility index (Phi) is 6.44. The number of nitrogens with zero attached hydrogens (tertiary/aromatic N) is 1. The van der Waals surface area contributed by atoms with Gasteiger partial charge in [0, 0.05) is 21.8 Å². The number of amides is 1. The van der Waals surface area contributed by atoms with Crippen molar-refractivity contribution in [3.8, 4) is 0 Å². The van der Waals surface area contributed by atoms with Crippen LogP contribution in [0.15, 0.2) is 102 Å². The van der Waals surface area contributed by atoms with Gasteiger partial charge in [0.25, 0.3) is 5.91 Å². The number of aromatic nitrogens is 1. The van der Waals surface area contributed by atoms with E-state index in [0.717, 1.165) is 29.7 Å². The van der Waals surface area contributed by atoms with Crippen LogP contribution in [0.1, 0.15) is 34.5 Å². The number of nitrogens with one attached hydrogen (secondary N) is 1. The molecule has 4 rings (SSSR count). The molecule has 0 bridgehead atoms. The van der Waals surface area contributed by atoms with Gasteiger partial charge in [-0.05, 0) is 66.8 Å². The number of hydrogen-bond donors (Lipinski definition) is 1. The number of allylic oxidation sites excluding steroid dienone is 12. The summed E-state index contributed by atoms with van der Waals surface area (Å²) in [5.41, 5.74) is 6.40. The number of carbonyl (C=O) groups is 1. The molecule has 154 valence electrons. The lowest BCUT2D eigenvalue weighted by Gasteiger charge is -2.09. The van der Waals surface area contributed by atoms with E-state index in [1.807, 2.05) is 25.1 Å². The SMILES string of the molecule is Cc1ccc(NC(=O)c2ccc(Cl)c(C3=CC=C(C4=CCC=CC=C4)CC=C3)c2)cn1. The number of pyridine rings is 1. The maximum absolute atomic E-state index is 12.8. The molecule has 3 nitrogen and oxygen atoms in total. The zero-order chi connectivity index (χ0) is 21.6. The van der Waals surface area contributed by atoms with Crippen molar-refractivity contribution in [3.05, 3.63) is 124 Å². The van der Waals surface area contributed by atoms with E-state index in [2.05, 4.69) is 65.0 Å². The third-order valence-electron chi connectivity index (χ3n) is 5.18. The Morgan fingerprint density at radius 2 is 1.94 bits per heavy atom. The normalized spacial score (nSPS) is 15.5. The zero-order valence-corrected chi connectivity index (χ0v) is 18.1. The quantitative estimate of drug-likeness (QED) is 0.571. The van der Waals surface area contributed by atoms with Crippen molar-refractivity contribution in [2.45, 2.75) is 19.8 Å². The molecule has 2 aliphatic rings. The van der Waals surface area contributed by atoms with Crippen LogP contribution in [-0.4, -0.2) is 10.9 Å².